The van der Waals surface area contributed by atoms with E-state index in [4.69, 9.17) is 0 Å². The Morgan fingerprint density at radius 3 is 2.71 bits per heavy atom. The first-order chi connectivity index (χ1) is 8.16. The van der Waals surface area contributed by atoms with Gasteiger partial charge in [-0.25, -0.2) is 4.39 Å². The number of Topliss-reactive ketones (excluding diaryl/α,β-unsaturated/α-hetero) is 2. The number of nitrogens with one attached hydrogen (secondary N) is 1. The van der Waals surface area contributed by atoms with Crippen molar-refractivity contribution in [2.45, 2.75) is 12.8 Å². The van der Waals surface area contributed by atoms with Gasteiger partial charge in [0.05, 0.1) is 0 Å². The Kier molecular flexibility index (Phi) is 3.64. The Labute approximate surface area is 99.0 Å². The van der Waals surface area contributed by atoms with E-state index in [1.807, 2.05) is 0 Å². The first-order valence-electron chi connectivity index (χ1n) is 5.69. The molecule has 0 aliphatic carbocycles. The van der Waals surface area contributed by atoms with E-state index >= 15 is 0 Å². The van der Waals surface area contributed by atoms with E-state index < -0.39 is 0 Å². The van der Waals surface area contributed by atoms with Gasteiger partial charge in [-0.2, -0.15) is 0 Å². The number of halogens is 1. The van der Waals surface area contributed by atoms with Gasteiger partial charge in [0.15, 0.2) is 5.78 Å². The zero-order valence-electron chi connectivity index (χ0n) is 9.41. The lowest BCUT2D eigenvalue weighted by atomic mass is 9.91. The molecule has 3 nitrogen and oxygen atoms in total. The summed E-state index contributed by atoms with van der Waals surface area (Å²) in [7, 11) is 0. The number of piperidine rings is 1. The SMILES string of the molecule is O=C(CC1CNCCC1=O)c1ccc(F)cc1. The van der Waals surface area contributed by atoms with Crippen molar-refractivity contribution in [3.63, 3.8) is 0 Å². The summed E-state index contributed by atoms with van der Waals surface area (Å²) in [5.74, 6) is -0.565. The molecule has 1 N–H and O–H groups in total. The van der Waals surface area contributed by atoms with Gasteiger partial charge in [-0.3, -0.25) is 9.59 Å². The van der Waals surface area contributed by atoms with Crippen molar-refractivity contribution in [3.05, 3.63) is 35.6 Å². The summed E-state index contributed by atoms with van der Waals surface area (Å²) in [6, 6.07) is 5.43. The summed E-state index contributed by atoms with van der Waals surface area (Å²) in [6.45, 7) is 1.26. The maximum atomic E-state index is 12.7. The van der Waals surface area contributed by atoms with E-state index in [1.54, 1.807) is 0 Å². The van der Waals surface area contributed by atoms with Crippen LogP contribution in [0.15, 0.2) is 24.3 Å². The molecular formula is C13H14FNO2. The Hall–Kier alpha value is -1.55. The molecule has 0 radical (unpaired) electrons. The minimum Gasteiger partial charge on any atom is -0.316 e. The van der Waals surface area contributed by atoms with Crippen molar-refractivity contribution in [1.82, 2.24) is 5.32 Å². The van der Waals surface area contributed by atoms with Crippen molar-refractivity contribution < 1.29 is 14.0 Å². The lowest BCUT2D eigenvalue weighted by Crippen LogP contribution is -2.37. The largest absolute Gasteiger partial charge is 0.316 e. The number of carbonyl (C=O) groups is 2. The minimum atomic E-state index is -0.364. The van der Waals surface area contributed by atoms with Gasteiger partial charge in [0.2, 0.25) is 0 Å². The molecule has 0 bridgehead atoms. The van der Waals surface area contributed by atoms with Gasteiger partial charge >= 0.3 is 0 Å². The zero-order valence-corrected chi connectivity index (χ0v) is 9.41. The molecule has 1 aromatic carbocycles. The van der Waals surface area contributed by atoms with Crippen LogP contribution in [-0.4, -0.2) is 24.7 Å². The lowest BCUT2D eigenvalue weighted by Gasteiger charge is -2.20. The molecule has 1 atom stereocenters. The predicted octanol–water partition coefficient (Wildman–Crippen LogP) is 1.58. The first kappa shape index (κ1) is 11.9. The van der Waals surface area contributed by atoms with Crippen LogP contribution in [0.4, 0.5) is 4.39 Å². The fourth-order valence-electron chi connectivity index (χ4n) is 1.97. The van der Waals surface area contributed by atoms with Crippen molar-refractivity contribution in [2.24, 2.45) is 5.92 Å². The number of benzene rings is 1. The van der Waals surface area contributed by atoms with Gasteiger partial charge < -0.3 is 5.32 Å². The van der Waals surface area contributed by atoms with Crippen LogP contribution < -0.4 is 5.32 Å². The van der Waals surface area contributed by atoms with Crippen molar-refractivity contribution in [2.75, 3.05) is 13.1 Å². The van der Waals surface area contributed by atoms with E-state index in [2.05, 4.69) is 5.32 Å². The summed E-state index contributed by atoms with van der Waals surface area (Å²) in [5, 5.41) is 3.10. The third kappa shape index (κ3) is 2.97. The second-order valence-corrected chi connectivity index (χ2v) is 4.25. The number of carbonyl (C=O) groups excluding carboxylic acids is 2. The summed E-state index contributed by atoms with van der Waals surface area (Å²) in [5.41, 5.74) is 0.463. The molecule has 1 heterocycles. The molecule has 0 aromatic heterocycles. The van der Waals surface area contributed by atoms with Crippen LogP contribution in [0.5, 0.6) is 0 Å². The van der Waals surface area contributed by atoms with Crippen LogP contribution in [0.25, 0.3) is 0 Å². The molecule has 1 aliphatic rings. The molecule has 0 amide bonds. The molecule has 0 spiro atoms. The number of ketones is 2. The zero-order chi connectivity index (χ0) is 12.3. The van der Waals surface area contributed by atoms with Crippen molar-refractivity contribution in [3.8, 4) is 0 Å². The van der Waals surface area contributed by atoms with Gasteiger partial charge in [0.1, 0.15) is 11.6 Å². The molecular weight excluding hydrogens is 221 g/mol. The Balaban J connectivity index is 2.01. The van der Waals surface area contributed by atoms with Gasteiger partial charge in [0, 0.05) is 37.4 Å². The number of hydrogen-bond acceptors (Lipinski definition) is 3. The highest BCUT2D eigenvalue weighted by molar-refractivity contribution is 5.99. The van der Waals surface area contributed by atoms with E-state index in [0.717, 1.165) is 0 Å². The second-order valence-electron chi connectivity index (χ2n) is 4.25. The summed E-state index contributed by atoms with van der Waals surface area (Å²) in [4.78, 5) is 23.4. The van der Waals surface area contributed by atoms with Crippen LogP contribution >= 0.6 is 0 Å². The highest BCUT2D eigenvalue weighted by Gasteiger charge is 2.24. The lowest BCUT2D eigenvalue weighted by molar-refractivity contribution is -0.123. The Morgan fingerprint density at radius 1 is 1.35 bits per heavy atom. The predicted molar refractivity (Wildman–Crippen MR) is 61.3 cm³/mol. The van der Waals surface area contributed by atoms with Gasteiger partial charge in [-0.05, 0) is 24.3 Å². The highest BCUT2D eigenvalue weighted by atomic mass is 19.1. The molecule has 2 rings (SSSR count). The fraction of sp³-hybridized carbons (Fsp3) is 0.385. The maximum absolute atomic E-state index is 12.7. The molecule has 4 heteroatoms. The highest BCUT2D eigenvalue weighted by Crippen LogP contribution is 2.15. The Morgan fingerprint density at radius 2 is 2.06 bits per heavy atom. The molecule has 90 valence electrons. The third-order valence-corrected chi connectivity index (χ3v) is 2.99. The van der Waals surface area contributed by atoms with E-state index in [9.17, 15) is 14.0 Å². The summed E-state index contributed by atoms with van der Waals surface area (Å²) >= 11 is 0. The van der Waals surface area contributed by atoms with Gasteiger partial charge in [-0.15, -0.1) is 0 Å². The normalized spacial score (nSPS) is 20.3. The quantitative estimate of drug-likeness (QED) is 0.809. The molecule has 1 aromatic rings. The van der Waals surface area contributed by atoms with Crippen LogP contribution in [0.3, 0.4) is 0 Å². The third-order valence-electron chi connectivity index (χ3n) is 2.99. The van der Waals surface area contributed by atoms with E-state index in [0.29, 0.717) is 25.1 Å². The fourth-order valence-corrected chi connectivity index (χ4v) is 1.97. The van der Waals surface area contributed by atoms with Gasteiger partial charge in [-0.1, -0.05) is 0 Å². The van der Waals surface area contributed by atoms with Crippen LogP contribution in [-0.2, 0) is 4.79 Å². The average molecular weight is 235 g/mol. The second kappa shape index (κ2) is 5.19. The van der Waals surface area contributed by atoms with Crippen LogP contribution in [0.2, 0.25) is 0 Å². The molecule has 1 unspecified atom stereocenters. The molecule has 1 aliphatic heterocycles. The smallest absolute Gasteiger partial charge is 0.163 e. The Bertz CT molecular complexity index is 428. The van der Waals surface area contributed by atoms with Crippen LogP contribution in [0.1, 0.15) is 23.2 Å². The number of hydrogen-bond donors (Lipinski definition) is 1. The van der Waals surface area contributed by atoms with E-state index in [1.165, 1.54) is 24.3 Å². The summed E-state index contributed by atoms with van der Waals surface area (Å²) in [6.07, 6.45) is 0.693. The topological polar surface area (TPSA) is 46.2 Å². The molecule has 17 heavy (non-hydrogen) atoms. The molecule has 0 saturated carbocycles. The standard InChI is InChI=1S/C13H14FNO2/c14-11-3-1-9(2-4-11)13(17)7-10-8-15-6-5-12(10)16/h1-4,10,15H,5-8H2. The molecule has 1 saturated heterocycles. The monoisotopic (exact) mass is 235 g/mol. The van der Waals surface area contributed by atoms with Gasteiger partial charge in [0.25, 0.3) is 0 Å². The molecule has 1 fully saturated rings. The maximum Gasteiger partial charge on any atom is 0.163 e. The van der Waals surface area contributed by atoms with Crippen LogP contribution in [0, 0.1) is 11.7 Å². The van der Waals surface area contributed by atoms with E-state index in [-0.39, 0.29) is 29.7 Å². The first-order valence-corrected chi connectivity index (χ1v) is 5.69. The average Bonchev–Trinajstić information content (AvgIpc) is 2.33. The van der Waals surface area contributed by atoms with Crippen molar-refractivity contribution >= 4 is 11.6 Å². The number of rotatable bonds is 3. The summed E-state index contributed by atoms with van der Waals surface area (Å²) < 4.78 is 12.7. The minimum absolute atomic E-state index is 0.105. The van der Waals surface area contributed by atoms with Crippen molar-refractivity contribution in [1.29, 1.82) is 0 Å².